The van der Waals surface area contributed by atoms with Crippen LogP contribution in [0.5, 0.6) is 5.75 Å². The molecule has 7 aromatic rings. The van der Waals surface area contributed by atoms with Crippen LogP contribution in [0.15, 0.2) is 95.8 Å². The molecule has 0 unspecified atom stereocenters. The van der Waals surface area contributed by atoms with Gasteiger partial charge >= 0.3 is 0 Å². The van der Waals surface area contributed by atoms with Crippen LogP contribution in [0, 0.1) is 18.3 Å². The Morgan fingerprint density at radius 2 is 1.53 bits per heavy atom. The molecular weight excluding hydrogens is 1110 g/mol. The summed E-state index contributed by atoms with van der Waals surface area (Å²) < 4.78 is 32.6. The van der Waals surface area contributed by atoms with Crippen LogP contribution in [0.1, 0.15) is 74.9 Å². The van der Waals surface area contributed by atoms with E-state index in [9.17, 15) is 28.7 Å². The average Bonchev–Trinajstić information content (AvgIpc) is 3.80. The number of nitrogens with zero attached hydrogens (tertiary/aromatic N) is 7. The molecule has 10 rings (SSSR count). The molecule has 14 heteroatoms. The number of piperidine rings is 1. The third-order valence-corrected chi connectivity index (χ3v) is 14.7. The first-order valence-corrected chi connectivity index (χ1v) is 23.1. The molecule has 2 amide bonds. The van der Waals surface area contributed by atoms with Gasteiger partial charge < -0.3 is 28.9 Å². The summed E-state index contributed by atoms with van der Waals surface area (Å²) in [6, 6.07) is 30.8. The second-order valence-corrected chi connectivity index (χ2v) is 18.8. The van der Waals surface area contributed by atoms with Gasteiger partial charge in [0, 0.05) is 100 Å². The molecule has 3 aliphatic heterocycles. The van der Waals surface area contributed by atoms with Crippen LogP contribution in [0.2, 0.25) is 0 Å². The molecule has 3 aromatic heterocycles. The number of fused-ring (bicyclic) bond motifs is 5. The number of halogens is 2. The number of carbonyl (C=O) groups excluding carboxylic acids is 2. The molecule has 357 valence electrons. The molecule has 0 spiro atoms. The van der Waals surface area contributed by atoms with Crippen LogP contribution in [0.3, 0.4) is 0 Å². The van der Waals surface area contributed by atoms with Crippen molar-refractivity contribution in [2.24, 2.45) is 14.1 Å². The summed E-state index contributed by atoms with van der Waals surface area (Å²) in [6.07, 6.45) is 2.05. The van der Waals surface area contributed by atoms with Gasteiger partial charge in [-0.3, -0.25) is 19.0 Å². The van der Waals surface area contributed by atoms with E-state index in [1.54, 1.807) is 21.3 Å². The summed E-state index contributed by atoms with van der Waals surface area (Å²) in [5, 5.41) is 21.7. The van der Waals surface area contributed by atoms with Gasteiger partial charge in [-0.15, -0.1) is 0 Å². The molecule has 6 heterocycles. The van der Waals surface area contributed by atoms with E-state index in [1.807, 2.05) is 83.9 Å². The van der Waals surface area contributed by atoms with E-state index in [0.29, 0.717) is 95.6 Å². The molecular formula is C54H53F2LrN7O4. The molecule has 0 aliphatic carbocycles. The molecule has 4 aromatic carbocycles. The number of hydrogen-bond donors (Lipinski definition) is 1. The third kappa shape index (κ3) is 7.83. The third-order valence-electron chi connectivity index (χ3n) is 14.7. The number of phenols is 1. The van der Waals surface area contributed by atoms with E-state index in [2.05, 4.69) is 36.1 Å². The zero-order valence-corrected chi connectivity index (χ0v) is 40.7. The predicted molar refractivity (Wildman–Crippen MR) is 255 cm³/mol. The molecule has 1 fully saturated rings. The number of alkyl halides is 2. The first kappa shape index (κ1) is 45.1. The topological polar surface area (TPSA) is 120 Å². The Labute approximate surface area is 387 Å². The fraction of sp³-hybridized carbons (Fsp3) is 0.333. The Balaban J connectivity index is 0.00000578. The van der Waals surface area contributed by atoms with E-state index in [1.165, 1.54) is 17.7 Å². The van der Waals surface area contributed by atoms with E-state index in [0.717, 1.165) is 46.5 Å². The van der Waals surface area contributed by atoms with Crippen molar-refractivity contribution >= 4 is 33.6 Å². The number of benzene rings is 4. The molecule has 11 nitrogen and oxygen atoms in total. The van der Waals surface area contributed by atoms with Crippen molar-refractivity contribution in [2.75, 3.05) is 26.2 Å². The number of aromatic hydroxyl groups is 1. The molecule has 1 radical (unpaired) electrons. The second-order valence-electron chi connectivity index (χ2n) is 18.8. The quantitative estimate of drug-likeness (QED) is 0.164. The number of amides is 2. The van der Waals surface area contributed by atoms with Gasteiger partial charge in [0.1, 0.15) is 17.5 Å². The average molecular weight is 1160 g/mol. The Morgan fingerprint density at radius 1 is 0.838 bits per heavy atom. The van der Waals surface area contributed by atoms with Gasteiger partial charge in [-0.1, -0.05) is 48.5 Å². The maximum Gasteiger partial charge on any atom is 0.265 e. The SMILES string of the molecule is Cc1c2c(c(C#N)n1C)c1c(cc(-c3cc4c(cc3C(=O)N3Cc5ccccc5C[C@H]3C)CN(C(=O)Cc3ccc(CCN5CCC(F)(F)CC5)cc3)CC4)n1C)c(=O)n2-c1ccc(O)cc1.[Lr]. The predicted octanol–water partition coefficient (Wildman–Crippen LogP) is 8.36. The number of carbonyl (C=O) groups is 2. The monoisotopic (exact) mass is 1160 g/mol. The van der Waals surface area contributed by atoms with Gasteiger partial charge in [0.25, 0.3) is 17.4 Å². The number of likely N-dealkylation sites (tertiary alicyclic amines) is 1. The van der Waals surface area contributed by atoms with Crippen molar-refractivity contribution in [1.29, 1.82) is 5.26 Å². The number of pyridine rings is 1. The molecule has 1 atom stereocenters. The standard InChI is InChI=1S/C54H53F2N7O4.Lr/c1-33-25-37-7-5-6-8-39(37)32-62(33)52(66)44-28-40-31-61(48(65)26-36-11-9-35(10-12-36)17-21-60-23-19-54(55,56)20-24-60)22-18-38(40)27-43(44)46-29-45-51(59(46)4)49-47(30-57)58(3)34(2)50(49)63(53(45)67)41-13-15-42(64)16-14-41;/h5-16,27-29,33,64H,17-26,31-32H2,1-4H3;/t33-;/m1./s1. The Bertz CT molecular complexity index is 3230. The first-order chi connectivity index (χ1) is 32.2. The summed E-state index contributed by atoms with van der Waals surface area (Å²) >= 11 is 0. The van der Waals surface area contributed by atoms with E-state index in [4.69, 9.17) is 0 Å². The van der Waals surface area contributed by atoms with Crippen LogP contribution in [0.4, 0.5) is 8.78 Å². The van der Waals surface area contributed by atoms with Gasteiger partial charge in [-0.05, 0) is 109 Å². The fourth-order valence-electron chi connectivity index (χ4n) is 10.6. The summed E-state index contributed by atoms with van der Waals surface area (Å²) in [5.74, 6) is -2.66. The van der Waals surface area contributed by atoms with Gasteiger partial charge in [0.2, 0.25) is 5.91 Å². The van der Waals surface area contributed by atoms with Crippen molar-refractivity contribution in [3.05, 3.63) is 152 Å². The largest absolute Gasteiger partial charge is 0.508 e. The summed E-state index contributed by atoms with van der Waals surface area (Å²) in [7, 11) is 3.69. The number of phenolic OH excluding ortho intramolecular Hbond substituents is 1. The minimum Gasteiger partial charge on any atom is -0.508 e. The van der Waals surface area contributed by atoms with Gasteiger partial charge in [-0.25, -0.2) is 8.78 Å². The minimum absolute atomic E-state index is 0. The summed E-state index contributed by atoms with van der Waals surface area (Å²) in [4.78, 5) is 49.9. The number of nitriles is 1. The minimum atomic E-state index is -2.56. The zero-order valence-electron chi connectivity index (χ0n) is 38.5. The smallest absolute Gasteiger partial charge is 0.265 e. The Hall–Kier alpha value is -8.04. The zero-order chi connectivity index (χ0) is 46.9. The molecule has 1 saturated heterocycles. The number of aryl methyl sites for hydroxylation is 2. The Kier molecular flexibility index (Phi) is 11.5. The molecule has 1 N–H and O–H groups in total. The second kappa shape index (κ2) is 17.3. The molecule has 3 aliphatic rings. The van der Waals surface area contributed by atoms with Crippen LogP contribution in [-0.2, 0) is 57.7 Å². The summed E-state index contributed by atoms with van der Waals surface area (Å²) in [5.41, 5.74) is 10.5. The Morgan fingerprint density at radius 3 is 2.24 bits per heavy atom. The van der Waals surface area contributed by atoms with Gasteiger partial charge in [0.05, 0.1) is 28.2 Å². The van der Waals surface area contributed by atoms with E-state index in [-0.39, 0.29) is 48.4 Å². The van der Waals surface area contributed by atoms with Gasteiger partial charge in [-0.2, -0.15) is 5.26 Å². The van der Waals surface area contributed by atoms with Crippen LogP contribution >= 0.6 is 0 Å². The van der Waals surface area contributed by atoms with Crippen LogP contribution in [-0.4, -0.2) is 83.5 Å². The molecule has 0 saturated carbocycles. The normalized spacial score (nSPS) is 16.9. The number of hydrogen-bond acceptors (Lipinski definition) is 6. The fourth-order valence-corrected chi connectivity index (χ4v) is 10.6. The van der Waals surface area contributed by atoms with Gasteiger partial charge in [0.15, 0.2) is 0 Å². The molecule has 68 heavy (non-hydrogen) atoms. The summed E-state index contributed by atoms with van der Waals surface area (Å²) in [6.45, 7) is 6.74. The van der Waals surface area contributed by atoms with E-state index >= 15 is 4.79 Å². The van der Waals surface area contributed by atoms with Crippen LogP contribution in [0.25, 0.3) is 38.8 Å². The van der Waals surface area contributed by atoms with Crippen molar-refractivity contribution in [1.82, 2.24) is 28.4 Å². The van der Waals surface area contributed by atoms with E-state index < -0.39 is 5.92 Å². The van der Waals surface area contributed by atoms with Crippen LogP contribution < -0.4 is 5.56 Å². The van der Waals surface area contributed by atoms with Crippen molar-refractivity contribution < 1.29 is 23.5 Å². The van der Waals surface area contributed by atoms with Crippen molar-refractivity contribution in [3.63, 3.8) is 0 Å². The maximum atomic E-state index is 15.2. The molecule has 0 bridgehead atoms. The van der Waals surface area contributed by atoms with Crippen molar-refractivity contribution in [2.45, 2.75) is 77.4 Å². The van der Waals surface area contributed by atoms with Crippen molar-refractivity contribution in [3.8, 4) is 28.8 Å². The number of rotatable bonds is 8. The number of aromatic nitrogens is 3. The maximum absolute atomic E-state index is 15.2. The first-order valence-electron chi connectivity index (χ1n) is 23.1.